The number of amides is 1. The predicted molar refractivity (Wildman–Crippen MR) is 95.2 cm³/mol. The second-order valence-corrected chi connectivity index (χ2v) is 5.77. The first kappa shape index (κ1) is 16.2. The van der Waals surface area contributed by atoms with Crippen molar-refractivity contribution in [1.82, 2.24) is 0 Å². The molecule has 0 aliphatic carbocycles. The topological polar surface area (TPSA) is 50.8 Å². The number of rotatable bonds is 5. The zero-order valence-electron chi connectivity index (χ0n) is 14.0. The van der Waals surface area contributed by atoms with E-state index in [9.17, 15) is 4.79 Å². The highest BCUT2D eigenvalue weighted by molar-refractivity contribution is 5.95. The molecule has 0 atom stereocenters. The summed E-state index contributed by atoms with van der Waals surface area (Å²) in [6.45, 7) is 1.21. The molecule has 2 aromatic carbocycles. The fraction of sp³-hybridized carbons (Fsp3) is 0.316. The molecule has 0 fully saturated rings. The Balaban J connectivity index is 1.73. The molecule has 0 radical (unpaired) electrons. The molecule has 1 N–H and O–H groups in total. The monoisotopic (exact) mass is 326 g/mol. The molecule has 1 aliphatic rings. The third-order valence-electron chi connectivity index (χ3n) is 4.22. The van der Waals surface area contributed by atoms with Crippen LogP contribution < -0.4 is 19.7 Å². The minimum Gasteiger partial charge on any atom is -0.497 e. The molecule has 126 valence electrons. The Labute approximate surface area is 142 Å². The third kappa shape index (κ3) is 3.45. The highest BCUT2D eigenvalue weighted by Gasteiger charge is 2.19. The third-order valence-corrected chi connectivity index (χ3v) is 4.22. The zero-order chi connectivity index (χ0) is 16.9. The number of nitrogens with zero attached hydrogens (tertiary/aromatic N) is 1. The van der Waals surface area contributed by atoms with Crippen LogP contribution in [0.15, 0.2) is 42.5 Å². The number of ether oxygens (including phenoxy) is 2. The van der Waals surface area contributed by atoms with Crippen LogP contribution in [0, 0.1) is 0 Å². The van der Waals surface area contributed by atoms with Gasteiger partial charge in [-0.15, -0.1) is 0 Å². The largest absolute Gasteiger partial charge is 0.497 e. The van der Waals surface area contributed by atoms with Crippen molar-refractivity contribution in [3.63, 3.8) is 0 Å². The molecule has 1 aliphatic heterocycles. The van der Waals surface area contributed by atoms with Gasteiger partial charge in [0.15, 0.2) is 0 Å². The Kier molecular flexibility index (Phi) is 4.89. The molecule has 0 saturated heterocycles. The predicted octanol–water partition coefficient (Wildman–Crippen LogP) is 3.10. The Morgan fingerprint density at radius 1 is 1.17 bits per heavy atom. The summed E-state index contributed by atoms with van der Waals surface area (Å²) in [5.74, 6) is 1.22. The Hall–Kier alpha value is -2.69. The van der Waals surface area contributed by atoms with Gasteiger partial charge in [-0.3, -0.25) is 4.79 Å². The summed E-state index contributed by atoms with van der Waals surface area (Å²) < 4.78 is 10.5. The van der Waals surface area contributed by atoms with Gasteiger partial charge in [0.25, 0.3) is 0 Å². The molecule has 0 bridgehead atoms. The maximum Gasteiger partial charge on any atom is 0.243 e. The van der Waals surface area contributed by atoms with Gasteiger partial charge in [0.2, 0.25) is 5.91 Å². The van der Waals surface area contributed by atoms with Crippen LogP contribution in [0.5, 0.6) is 11.5 Å². The van der Waals surface area contributed by atoms with Crippen LogP contribution in [-0.4, -0.2) is 33.2 Å². The summed E-state index contributed by atoms with van der Waals surface area (Å²) in [6.07, 6.45) is 2.13. The lowest BCUT2D eigenvalue weighted by molar-refractivity contribution is -0.115. The highest BCUT2D eigenvalue weighted by Crippen LogP contribution is 2.30. The van der Waals surface area contributed by atoms with Gasteiger partial charge in [0.05, 0.1) is 26.5 Å². The molecular weight excluding hydrogens is 304 g/mol. The lowest BCUT2D eigenvalue weighted by Gasteiger charge is -2.30. The molecule has 5 heteroatoms. The van der Waals surface area contributed by atoms with E-state index in [1.54, 1.807) is 32.4 Å². The number of hydrogen-bond acceptors (Lipinski definition) is 4. The van der Waals surface area contributed by atoms with Gasteiger partial charge >= 0.3 is 0 Å². The van der Waals surface area contributed by atoms with Gasteiger partial charge in [-0.1, -0.05) is 18.2 Å². The lowest BCUT2D eigenvalue weighted by Crippen LogP contribution is -2.36. The van der Waals surface area contributed by atoms with Gasteiger partial charge < -0.3 is 19.7 Å². The number of aryl methyl sites for hydroxylation is 1. The first-order valence-electron chi connectivity index (χ1n) is 8.06. The van der Waals surface area contributed by atoms with Crippen molar-refractivity contribution in [2.45, 2.75) is 12.8 Å². The fourth-order valence-electron chi connectivity index (χ4n) is 3.05. The first-order valence-corrected chi connectivity index (χ1v) is 8.06. The Bertz CT molecular complexity index is 730. The van der Waals surface area contributed by atoms with Crippen LogP contribution in [0.25, 0.3) is 0 Å². The fourth-order valence-corrected chi connectivity index (χ4v) is 3.05. The van der Waals surface area contributed by atoms with Gasteiger partial charge in [0, 0.05) is 18.3 Å². The summed E-state index contributed by atoms with van der Waals surface area (Å²) in [6, 6.07) is 13.6. The SMILES string of the molecule is COc1ccc(OC)c(NC(=O)CN2CCCc3ccccc32)c1. The summed E-state index contributed by atoms with van der Waals surface area (Å²) in [5.41, 5.74) is 3.07. The first-order chi connectivity index (χ1) is 11.7. The van der Waals surface area contributed by atoms with E-state index in [1.165, 1.54) is 5.56 Å². The normalized spacial score (nSPS) is 13.2. The van der Waals surface area contributed by atoms with Crippen LogP contribution in [0.2, 0.25) is 0 Å². The maximum atomic E-state index is 12.5. The van der Waals surface area contributed by atoms with E-state index in [0.717, 1.165) is 25.1 Å². The second kappa shape index (κ2) is 7.25. The summed E-state index contributed by atoms with van der Waals surface area (Å²) in [7, 11) is 3.18. The second-order valence-electron chi connectivity index (χ2n) is 5.77. The number of benzene rings is 2. The average molecular weight is 326 g/mol. The van der Waals surface area contributed by atoms with E-state index in [2.05, 4.69) is 22.3 Å². The smallest absolute Gasteiger partial charge is 0.243 e. The maximum absolute atomic E-state index is 12.5. The van der Waals surface area contributed by atoms with E-state index < -0.39 is 0 Å². The Morgan fingerprint density at radius 3 is 2.79 bits per heavy atom. The van der Waals surface area contributed by atoms with Crippen molar-refractivity contribution in [3.05, 3.63) is 48.0 Å². The van der Waals surface area contributed by atoms with Crippen molar-refractivity contribution in [2.24, 2.45) is 0 Å². The zero-order valence-corrected chi connectivity index (χ0v) is 14.0. The number of hydrogen-bond donors (Lipinski definition) is 1. The van der Waals surface area contributed by atoms with Crippen LogP contribution in [0.1, 0.15) is 12.0 Å². The lowest BCUT2D eigenvalue weighted by atomic mass is 10.0. The number of nitrogens with one attached hydrogen (secondary N) is 1. The summed E-state index contributed by atoms with van der Waals surface area (Å²) >= 11 is 0. The molecule has 24 heavy (non-hydrogen) atoms. The average Bonchev–Trinajstić information content (AvgIpc) is 2.62. The summed E-state index contributed by atoms with van der Waals surface area (Å²) in [4.78, 5) is 14.6. The number of methoxy groups -OCH3 is 2. The van der Waals surface area contributed by atoms with Crippen molar-refractivity contribution in [1.29, 1.82) is 0 Å². The van der Waals surface area contributed by atoms with Crippen LogP contribution in [0.4, 0.5) is 11.4 Å². The van der Waals surface area contributed by atoms with Crippen molar-refractivity contribution in [2.75, 3.05) is 37.5 Å². The van der Waals surface area contributed by atoms with E-state index in [0.29, 0.717) is 23.7 Å². The minimum atomic E-state index is -0.0711. The minimum absolute atomic E-state index is 0.0711. The summed E-state index contributed by atoms with van der Waals surface area (Å²) in [5, 5.41) is 2.93. The molecule has 0 saturated carbocycles. The number of carbonyl (C=O) groups is 1. The molecule has 3 rings (SSSR count). The molecule has 1 heterocycles. The van der Waals surface area contributed by atoms with Gasteiger partial charge in [-0.2, -0.15) is 0 Å². The molecule has 5 nitrogen and oxygen atoms in total. The standard InChI is InChI=1S/C19H22N2O3/c1-23-15-9-10-18(24-2)16(12-15)20-19(22)13-21-11-5-7-14-6-3-4-8-17(14)21/h3-4,6,8-10,12H,5,7,11,13H2,1-2H3,(H,20,22). The van der Waals surface area contributed by atoms with Gasteiger partial charge in [-0.25, -0.2) is 0 Å². The van der Waals surface area contributed by atoms with Crippen molar-refractivity contribution in [3.8, 4) is 11.5 Å². The van der Waals surface area contributed by atoms with E-state index in [1.807, 2.05) is 12.1 Å². The Morgan fingerprint density at radius 2 is 2.00 bits per heavy atom. The molecule has 2 aromatic rings. The number of carbonyl (C=O) groups excluding carboxylic acids is 1. The quantitative estimate of drug-likeness (QED) is 0.917. The van der Waals surface area contributed by atoms with Gasteiger partial charge in [-0.05, 0) is 36.6 Å². The number of fused-ring (bicyclic) bond motifs is 1. The molecule has 0 unspecified atom stereocenters. The van der Waals surface area contributed by atoms with E-state index >= 15 is 0 Å². The van der Waals surface area contributed by atoms with E-state index in [-0.39, 0.29) is 5.91 Å². The molecule has 1 amide bonds. The van der Waals surface area contributed by atoms with Crippen LogP contribution in [0.3, 0.4) is 0 Å². The van der Waals surface area contributed by atoms with Gasteiger partial charge in [0.1, 0.15) is 11.5 Å². The van der Waals surface area contributed by atoms with E-state index in [4.69, 9.17) is 9.47 Å². The van der Waals surface area contributed by atoms with Crippen LogP contribution >= 0.6 is 0 Å². The van der Waals surface area contributed by atoms with Crippen molar-refractivity contribution < 1.29 is 14.3 Å². The number of anilines is 2. The molecule has 0 aromatic heterocycles. The molecule has 0 spiro atoms. The highest BCUT2D eigenvalue weighted by atomic mass is 16.5. The molecular formula is C19H22N2O3. The van der Waals surface area contributed by atoms with Crippen molar-refractivity contribution >= 4 is 17.3 Å². The number of para-hydroxylation sites is 1. The van der Waals surface area contributed by atoms with Crippen LogP contribution in [-0.2, 0) is 11.2 Å².